The molecule has 2 aromatic carbocycles. The van der Waals surface area contributed by atoms with Gasteiger partial charge in [0.25, 0.3) is 0 Å². The van der Waals surface area contributed by atoms with Crippen LogP contribution in [0, 0.1) is 6.92 Å². The second-order valence-corrected chi connectivity index (χ2v) is 8.90. The van der Waals surface area contributed by atoms with E-state index >= 15 is 0 Å². The van der Waals surface area contributed by atoms with Gasteiger partial charge >= 0.3 is 0 Å². The van der Waals surface area contributed by atoms with Crippen molar-refractivity contribution in [2.24, 2.45) is 4.99 Å². The van der Waals surface area contributed by atoms with Gasteiger partial charge in [0, 0.05) is 26.4 Å². The average Bonchev–Trinajstić information content (AvgIpc) is 3.21. The van der Waals surface area contributed by atoms with Gasteiger partial charge in [-0.25, -0.2) is 9.98 Å². The predicted octanol–water partition coefficient (Wildman–Crippen LogP) is 5.89. The van der Waals surface area contributed by atoms with Crippen LogP contribution in [0.2, 0.25) is 0 Å². The van der Waals surface area contributed by atoms with Crippen LogP contribution >= 0.6 is 15.9 Å². The molecule has 166 valence electrons. The predicted molar refractivity (Wildman–Crippen MR) is 132 cm³/mol. The van der Waals surface area contributed by atoms with E-state index < -0.39 is 0 Å². The van der Waals surface area contributed by atoms with E-state index in [1.807, 2.05) is 55.5 Å². The van der Waals surface area contributed by atoms with Gasteiger partial charge in [-0.15, -0.1) is 0 Å². The van der Waals surface area contributed by atoms with E-state index in [2.05, 4.69) is 57.1 Å². The summed E-state index contributed by atoms with van der Waals surface area (Å²) < 4.78 is 13.1. The quantitative estimate of drug-likeness (QED) is 0.290. The molecule has 0 radical (unpaired) electrons. The molecule has 6 heteroatoms. The maximum absolute atomic E-state index is 6.28. The maximum Gasteiger partial charge on any atom is 0.228 e. The van der Waals surface area contributed by atoms with Crippen molar-refractivity contribution in [1.29, 1.82) is 0 Å². The van der Waals surface area contributed by atoms with Crippen molar-refractivity contribution in [3.05, 3.63) is 81.5 Å². The molecule has 1 heterocycles. The van der Waals surface area contributed by atoms with Gasteiger partial charge in [0.05, 0.1) is 22.2 Å². The molecule has 0 saturated carbocycles. The standard InChI is InChI=1S/C26H28BrN3O2/c1-4-30(3)17-28-25-15-24(27)26(29-18(25)2)32-23-12-20-10-11-22(13-21(20)14-23)31-16-19-8-6-5-7-9-19/h5-11,13,15,17,23H,4,12,14,16H2,1-3H3/b28-17+. The van der Waals surface area contributed by atoms with Crippen LogP contribution in [0.15, 0.2) is 64.1 Å². The highest BCUT2D eigenvalue weighted by molar-refractivity contribution is 9.10. The van der Waals surface area contributed by atoms with E-state index in [0.717, 1.165) is 46.6 Å². The van der Waals surface area contributed by atoms with E-state index in [1.165, 1.54) is 11.1 Å². The fourth-order valence-corrected chi connectivity index (χ4v) is 4.03. The number of fused-ring (bicyclic) bond motifs is 1. The van der Waals surface area contributed by atoms with Crippen molar-refractivity contribution in [3.8, 4) is 11.6 Å². The first-order valence-electron chi connectivity index (χ1n) is 10.9. The molecule has 1 unspecified atom stereocenters. The van der Waals surface area contributed by atoms with Crippen molar-refractivity contribution in [2.75, 3.05) is 13.6 Å². The first-order valence-corrected chi connectivity index (χ1v) is 11.7. The highest BCUT2D eigenvalue weighted by Crippen LogP contribution is 2.33. The molecule has 1 aliphatic carbocycles. The van der Waals surface area contributed by atoms with Gasteiger partial charge in [0.1, 0.15) is 18.5 Å². The van der Waals surface area contributed by atoms with E-state index in [9.17, 15) is 0 Å². The number of rotatable bonds is 8. The summed E-state index contributed by atoms with van der Waals surface area (Å²) in [7, 11) is 1.99. The summed E-state index contributed by atoms with van der Waals surface area (Å²) in [4.78, 5) is 11.2. The molecule has 0 saturated heterocycles. The number of nitrogens with zero attached hydrogens (tertiary/aromatic N) is 3. The molecule has 0 spiro atoms. The number of aryl methyl sites for hydroxylation is 1. The third-order valence-corrected chi connectivity index (χ3v) is 6.17. The smallest absolute Gasteiger partial charge is 0.228 e. The lowest BCUT2D eigenvalue weighted by Gasteiger charge is -2.15. The lowest BCUT2D eigenvalue weighted by Crippen LogP contribution is -2.17. The van der Waals surface area contributed by atoms with Gasteiger partial charge in [0.2, 0.25) is 5.88 Å². The Morgan fingerprint density at radius 3 is 2.69 bits per heavy atom. The molecular formula is C26H28BrN3O2. The van der Waals surface area contributed by atoms with Crippen LogP contribution in [0.1, 0.15) is 29.3 Å². The molecule has 4 rings (SSSR count). The van der Waals surface area contributed by atoms with Crippen LogP contribution in [0.4, 0.5) is 5.69 Å². The molecule has 0 aliphatic heterocycles. The number of hydrogen-bond acceptors (Lipinski definition) is 4. The van der Waals surface area contributed by atoms with Crippen LogP contribution < -0.4 is 9.47 Å². The molecule has 1 atom stereocenters. The van der Waals surface area contributed by atoms with Gasteiger partial charge < -0.3 is 14.4 Å². The normalized spacial score (nSPS) is 15.1. The number of aliphatic imine (C=N–C) groups is 1. The molecule has 1 aromatic heterocycles. The van der Waals surface area contributed by atoms with Crippen LogP contribution in [0.5, 0.6) is 11.6 Å². The molecular weight excluding hydrogens is 466 g/mol. The number of aromatic nitrogens is 1. The Balaban J connectivity index is 1.40. The van der Waals surface area contributed by atoms with Gasteiger partial charge in [-0.1, -0.05) is 36.4 Å². The maximum atomic E-state index is 6.28. The minimum absolute atomic E-state index is 0.0538. The molecule has 0 fully saturated rings. The topological polar surface area (TPSA) is 47.0 Å². The van der Waals surface area contributed by atoms with Crippen LogP contribution in [0.25, 0.3) is 0 Å². The summed E-state index contributed by atoms with van der Waals surface area (Å²) in [6.07, 6.45) is 3.58. The number of pyridine rings is 1. The van der Waals surface area contributed by atoms with Gasteiger partial charge in [-0.05, 0) is 64.7 Å². The van der Waals surface area contributed by atoms with E-state index in [4.69, 9.17) is 9.47 Å². The van der Waals surface area contributed by atoms with Gasteiger partial charge in [-0.3, -0.25) is 0 Å². The van der Waals surface area contributed by atoms with Crippen molar-refractivity contribution in [2.45, 2.75) is 39.4 Å². The van der Waals surface area contributed by atoms with E-state index in [1.54, 1.807) is 0 Å². The minimum atomic E-state index is 0.0538. The molecule has 1 aliphatic rings. The molecule has 32 heavy (non-hydrogen) atoms. The Morgan fingerprint density at radius 2 is 1.91 bits per heavy atom. The van der Waals surface area contributed by atoms with Crippen molar-refractivity contribution >= 4 is 28.0 Å². The zero-order valence-corrected chi connectivity index (χ0v) is 20.3. The summed E-state index contributed by atoms with van der Waals surface area (Å²) >= 11 is 3.61. The van der Waals surface area contributed by atoms with Crippen LogP contribution in [-0.2, 0) is 19.4 Å². The monoisotopic (exact) mass is 493 g/mol. The first kappa shape index (κ1) is 22.3. The number of halogens is 1. The van der Waals surface area contributed by atoms with Crippen molar-refractivity contribution in [3.63, 3.8) is 0 Å². The Kier molecular flexibility index (Phi) is 7.10. The van der Waals surface area contributed by atoms with E-state index in [0.29, 0.717) is 12.5 Å². The third kappa shape index (κ3) is 5.49. The molecule has 3 aromatic rings. The minimum Gasteiger partial charge on any atom is -0.489 e. The van der Waals surface area contributed by atoms with Gasteiger partial charge in [0.15, 0.2) is 0 Å². The second-order valence-electron chi connectivity index (χ2n) is 8.05. The molecule has 0 amide bonds. The molecule has 0 bridgehead atoms. The summed E-state index contributed by atoms with van der Waals surface area (Å²) in [6, 6.07) is 18.5. The third-order valence-electron chi connectivity index (χ3n) is 5.60. The Bertz CT molecular complexity index is 1100. The van der Waals surface area contributed by atoms with E-state index in [-0.39, 0.29) is 6.10 Å². The SMILES string of the molecule is CCN(C)/C=N/c1cc(Br)c(OC2Cc3ccc(OCc4ccccc4)cc3C2)nc1C. The lowest BCUT2D eigenvalue weighted by atomic mass is 10.1. The summed E-state index contributed by atoms with van der Waals surface area (Å²) in [5.74, 6) is 1.51. The van der Waals surface area contributed by atoms with Gasteiger partial charge in [-0.2, -0.15) is 0 Å². The number of ether oxygens (including phenoxy) is 2. The number of hydrogen-bond donors (Lipinski definition) is 0. The van der Waals surface area contributed by atoms with Crippen molar-refractivity contribution in [1.82, 2.24) is 9.88 Å². The second kappa shape index (κ2) is 10.2. The van der Waals surface area contributed by atoms with Crippen LogP contribution in [0.3, 0.4) is 0 Å². The fourth-order valence-electron chi connectivity index (χ4n) is 3.63. The lowest BCUT2D eigenvalue weighted by molar-refractivity contribution is 0.203. The Morgan fingerprint density at radius 1 is 1.12 bits per heavy atom. The summed E-state index contributed by atoms with van der Waals surface area (Å²) in [5.41, 5.74) is 5.42. The summed E-state index contributed by atoms with van der Waals surface area (Å²) in [6.45, 7) is 5.51. The highest BCUT2D eigenvalue weighted by Gasteiger charge is 2.25. The highest BCUT2D eigenvalue weighted by atomic mass is 79.9. The molecule has 0 N–H and O–H groups in total. The largest absolute Gasteiger partial charge is 0.489 e. The molecule has 5 nitrogen and oxygen atoms in total. The average molecular weight is 494 g/mol. The Labute approximate surface area is 198 Å². The zero-order valence-electron chi connectivity index (χ0n) is 18.7. The van der Waals surface area contributed by atoms with Crippen molar-refractivity contribution < 1.29 is 9.47 Å². The number of benzene rings is 2. The first-order chi connectivity index (χ1) is 15.5. The fraction of sp³-hybridized carbons (Fsp3) is 0.308. The zero-order chi connectivity index (χ0) is 22.5. The summed E-state index contributed by atoms with van der Waals surface area (Å²) in [5, 5.41) is 0. The van der Waals surface area contributed by atoms with Crippen LogP contribution in [-0.4, -0.2) is 35.9 Å². The Hall–Kier alpha value is -2.86.